The summed E-state index contributed by atoms with van der Waals surface area (Å²) in [7, 11) is 0. The van der Waals surface area contributed by atoms with Gasteiger partial charge in [-0.1, -0.05) is 60.7 Å². The minimum Gasteiger partial charge on any atom is -0.368 e. The van der Waals surface area contributed by atoms with E-state index in [4.69, 9.17) is 0 Å². The molecule has 2 fully saturated rings. The molecule has 0 aliphatic carbocycles. The first-order valence-corrected chi connectivity index (χ1v) is 13.4. The normalized spacial score (nSPS) is 18.1. The number of rotatable bonds is 5. The molecular weight excluding hydrogens is 479 g/mol. The van der Waals surface area contributed by atoms with Gasteiger partial charge in [0.15, 0.2) is 0 Å². The number of halogens is 1. The molecule has 2 aliphatic rings. The predicted molar refractivity (Wildman–Crippen MR) is 148 cm³/mol. The van der Waals surface area contributed by atoms with Crippen molar-refractivity contribution in [2.45, 2.75) is 31.2 Å². The van der Waals surface area contributed by atoms with Crippen molar-refractivity contribution in [3.8, 4) is 0 Å². The monoisotopic (exact) mass is 514 g/mol. The first-order valence-electron chi connectivity index (χ1n) is 13.4. The number of carbonyl (C=O) groups excluding carboxylic acids is 2. The van der Waals surface area contributed by atoms with Gasteiger partial charge in [0.05, 0.1) is 11.5 Å². The lowest BCUT2D eigenvalue weighted by molar-refractivity contribution is -0.129. The number of piperazine rings is 1. The van der Waals surface area contributed by atoms with E-state index in [1.807, 2.05) is 77.4 Å². The average molecular weight is 515 g/mol. The van der Waals surface area contributed by atoms with Gasteiger partial charge in [0.1, 0.15) is 5.82 Å². The number of anilines is 1. The van der Waals surface area contributed by atoms with Gasteiger partial charge in [-0.25, -0.2) is 9.18 Å². The Morgan fingerprint density at radius 1 is 0.763 bits per heavy atom. The number of carbonyl (C=O) groups is 2. The maximum absolute atomic E-state index is 13.8. The Kier molecular flexibility index (Phi) is 7.63. The molecular formula is C31H35FN4O2. The van der Waals surface area contributed by atoms with Gasteiger partial charge >= 0.3 is 6.03 Å². The van der Waals surface area contributed by atoms with Crippen molar-refractivity contribution in [2.75, 3.05) is 44.2 Å². The third-order valence-electron chi connectivity index (χ3n) is 8.04. The first kappa shape index (κ1) is 25.8. The van der Waals surface area contributed by atoms with Crippen LogP contribution in [0, 0.1) is 5.82 Å². The van der Waals surface area contributed by atoms with E-state index in [0.29, 0.717) is 52.1 Å². The highest BCUT2D eigenvalue weighted by atomic mass is 19.1. The molecule has 0 bridgehead atoms. The van der Waals surface area contributed by atoms with Crippen molar-refractivity contribution in [1.29, 1.82) is 0 Å². The average Bonchev–Trinajstić information content (AvgIpc) is 2.98. The smallest absolute Gasteiger partial charge is 0.320 e. The summed E-state index contributed by atoms with van der Waals surface area (Å²) in [5.41, 5.74) is 2.36. The van der Waals surface area contributed by atoms with Crippen molar-refractivity contribution in [1.82, 2.24) is 15.1 Å². The van der Waals surface area contributed by atoms with Gasteiger partial charge in [-0.2, -0.15) is 0 Å². The Morgan fingerprint density at radius 3 is 1.92 bits per heavy atom. The second-order valence-corrected chi connectivity index (χ2v) is 10.3. The second-order valence-electron chi connectivity index (χ2n) is 10.3. The summed E-state index contributed by atoms with van der Waals surface area (Å²) in [4.78, 5) is 33.2. The van der Waals surface area contributed by atoms with Crippen molar-refractivity contribution in [2.24, 2.45) is 0 Å². The van der Waals surface area contributed by atoms with Crippen LogP contribution in [-0.4, -0.2) is 61.0 Å². The molecule has 2 saturated heterocycles. The highest BCUT2D eigenvalue weighted by Crippen LogP contribution is 2.37. The van der Waals surface area contributed by atoms with Gasteiger partial charge in [-0.3, -0.25) is 4.79 Å². The molecule has 0 aromatic heterocycles. The van der Waals surface area contributed by atoms with Crippen molar-refractivity contribution in [3.05, 3.63) is 102 Å². The quantitative estimate of drug-likeness (QED) is 0.523. The fraction of sp³-hybridized carbons (Fsp3) is 0.355. The molecule has 3 aromatic carbocycles. The number of benzene rings is 3. The maximum atomic E-state index is 13.8. The van der Waals surface area contributed by atoms with Crippen LogP contribution in [0.15, 0.2) is 84.9 Å². The Bertz CT molecular complexity index is 1220. The Labute approximate surface area is 224 Å². The molecule has 2 heterocycles. The number of piperidine rings is 1. The Balaban J connectivity index is 1.23. The number of hydrogen-bond acceptors (Lipinski definition) is 3. The molecule has 0 unspecified atom stereocenters. The number of nitrogens with zero attached hydrogens (tertiary/aromatic N) is 3. The van der Waals surface area contributed by atoms with Crippen LogP contribution in [0.1, 0.15) is 36.9 Å². The molecule has 1 N–H and O–H groups in total. The van der Waals surface area contributed by atoms with Crippen LogP contribution >= 0.6 is 0 Å². The summed E-state index contributed by atoms with van der Waals surface area (Å²) >= 11 is 0. The fourth-order valence-corrected chi connectivity index (χ4v) is 5.65. The maximum Gasteiger partial charge on any atom is 0.320 e. The van der Waals surface area contributed by atoms with Crippen LogP contribution in [0.25, 0.3) is 0 Å². The molecule has 6 nitrogen and oxygen atoms in total. The number of hydrogen-bond donors (Lipinski definition) is 1. The van der Waals surface area contributed by atoms with E-state index in [1.54, 1.807) is 12.1 Å². The van der Waals surface area contributed by atoms with Crippen molar-refractivity contribution in [3.63, 3.8) is 0 Å². The van der Waals surface area contributed by atoms with Gasteiger partial charge in [0, 0.05) is 45.0 Å². The van der Waals surface area contributed by atoms with Crippen LogP contribution < -0.4 is 10.2 Å². The van der Waals surface area contributed by atoms with Gasteiger partial charge in [0.25, 0.3) is 0 Å². The van der Waals surface area contributed by atoms with Crippen molar-refractivity contribution < 1.29 is 14.0 Å². The number of likely N-dealkylation sites (tertiary alicyclic amines) is 1. The van der Waals surface area contributed by atoms with E-state index in [2.05, 4.69) is 10.2 Å². The van der Waals surface area contributed by atoms with E-state index in [1.165, 1.54) is 12.1 Å². The minimum atomic E-state index is -0.678. The number of amides is 3. The molecule has 7 heteroatoms. The molecule has 3 aromatic rings. The molecule has 0 saturated carbocycles. The summed E-state index contributed by atoms with van der Waals surface area (Å²) in [6.07, 6.45) is 1.15. The van der Waals surface area contributed by atoms with Gasteiger partial charge in [0.2, 0.25) is 5.91 Å². The van der Waals surface area contributed by atoms with E-state index >= 15 is 0 Å². The van der Waals surface area contributed by atoms with E-state index in [9.17, 15) is 14.0 Å². The molecule has 0 spiro atoms. The molecule has 0 radical (unpaired) electrons. The largest absolute Gasteiger partial charge is 0.368 e. The Hall–Kier alpha value is -3.87. The predicted octanol–water partition coefficient (Wildman–Crippen LogP) is 4.98. The van der Waals surface area contributed by atoms with Crippen LogP contribution in [0.2, 0.25) is 0 Å². The molecule has 198 valence electrons. The van der Waals surface area contributed by atoms with Crippen LogP contribution in [-0.2, 0) is 10.2 Å². The highest BCUT2D eigenvalue weighted by molar-refractivity contribution is 5.89. The SMILES string of the molecule is C[C@H](NC(=O)C1(c2ccccc2)CCN(C(=O)N2CCN(c3ccc(F)cc3)CC2)CC1)c1ccccc1. The Morgan fingerprint density at radius 2 is 1.32 bits per heavy atom. The third-order valence-corrected chi connectivity index (χ3v) is 8.04. The summed E-state index contributed by atoms with van der Waals surface area (Å²) < 4.78 is 13.3. The van der Waals surface area contributed by atoms with Crippen LogP contribution in [0.3, 0.4) is 0 Å². The fourth-order valence-electron chi connectivity index (χ4n) is 5.65. The molecule has 1 atom stereocenters. The van der Waals surface area contributed by atoms with Crippen LogP contribution in [0.4, 0.5) is 14.9 Å². The lowest BCUT2D eigenvalue weighted by atomic mass is 9.71. The van der Waals surface area contributed by atoms with Gasteiger partial charge in [-0.05, 0) is 55.2 Å². The lowest BCUT2D eigenvalue weighted by Crippen LogP contribution is -2.57. The first-order chi connectivity index (χ1) is 18.5. The second kappa shape index (κ2) is 11.3. The lowest BCUT2D eigenvalue weighted by Gasteiger charge is -2.44. The topological polar surface area (TPSA) is 55.9 Å². The zero-order valence-electron chi connectivity index (χ0n) is 21.9. The molecule has 38 heavy (non-hydrogen) atoms. The van der Waals surface area contributed by atoms with Crippen molar-refractivity contribution >= 4 is 17.6 Å². The zero-order valence-corrected chi connectivity index (χ0v) is 21.9. The van der Waals surface area contributed by atoms with E-state index < -0.39 is 5.41 Å². The van der Waals surface area contributed by atoms with Crippen LogP contribution in [0.5, 0.6) is 0 Å². The van der Waals surface area contributed by atoms with E-state index in [0.717, 1.165) is 16.8 Å². The van der Waals surface area contributed by atoms with Gasteiger partial charge in [-0.15, -0.1) is 0 Å². The zero-order chi connectivity index (χ0) is 26.5. The highest BCUT2D eigenvalue weighted by Gasteiger charge is 2.44. The number of nitrogens with one attached hydrogen (secondary N) is 1. The standard InChI is InChI=1S/C31H35FN4O2/c1-24(25-8-4-2-5-9-25)33-29(37)31(26-10-6-3-7-11-26)16-18-35(19-17-31)30(38)36-22-20-34(21-23-36)28-14-12-27(32)13-15-28/h2-15,24H,16-23H2,1H3,(H,33,37)/t24-/m0/s1. The van der Waals surface area contributed by atoms with E-state index in [-0.39, 0.29) is 23.8 Å². The molecule has 3 amide bonds. The minimum absolute atomic E-state index is 0.0139. The third kappa shape index (κ3) is 5.37. The molecule has 2 aliphatic heterocycles. The summed E-state index contributed by atoms with van der Waals surface area (Å²) in [5, 5.41) is 3.25. The summed E-state index contributed by atoms with van der Waals surface area (Å²) in [5.74, 6) is -0.234. The number of urea groups is 1. The summed E-state index contributed by atoms with van der Waals surface area (Å²) in [6.45, 7) is 5.71. The van der Waals surface area contributed by atoms with Gasteiger partial charge < -0.3 is 20.0 Å². The molecule has 5 rings (SSSR count). The summed E-state index contributed by atoms with van der Waals surface area (Å²) in [6, 6.07) is 26.4.